The van der Waals surface area contributed by atoms with Crippen LogP contribution < -0.4 is 4.74 Å². The fraction of sp³-hybridized carbons (Fsp3) is 0.438. The Morgan fingerprint density at radius 2 is 2.04 bits per heavy atom. The first-order chi connectivity index (χ1) is 11.3. The van der Waals surface area contributed by atoms with Crippen molar-refractivity contribution in [3.8, 4) is 5.75 Å². The third-order valence-corrected chi connectivity index (χ3v) is 4.50. The van der Waals surface area contributed by atoms with Crippen LogP contribution in [0, 0.1) is 0 Å². The number of benzene rings is 1. The molecule has 1 aromatic carbocycles. The Hall–Kier alpha value is -1.99. The highest BCUT2D eigenvalue weighted by Gasteiger charge is 2.21. The zero-order chi connectivity index (χ0) is 16.1. The summed E-state index contributed by atoms with van der Waals surface area (Å²) in [6.07, 6.45) is 2.52. The lowest BCUT2D eigenvalue weighted by Crippen LogP contribution is -2.35. The Bertz CT molecular complexity index is 630. The van der Waals surface area contributed by atoms with Gasteiger partial charge in [0.05, 0.1) is 25.0 Å². The molecule has 0 aliphatic carbocycles. The molecule has 0 atom stereocenters. The van der Waals surface area contributed by atoms with Crippen LogP contribution in [-0.4, -0.2) is 57.7 Å². The van der Waals surface area contributed by atoms with Gasteiger partial charge < -0.3 is 9.64 Å². The quantitative estimate of drug-likeness (QED) is 0.856. The van der Waals surface area contributed by atoms with Crippen molar-refractivity contribution in [1.82, 2.24) is 18.5 Å². The molecule has 122 valence electrons. The van der Waals surface area contributed by atoms with E-state index in [2.05, 4.69) is 25.8 Å². The topological polar surface area (TPSA) is 58.6 Å². The van der Waals surface area contributed by atoms with Crippen molar-refractivity contribution < 1.29 is 9.53 Å². The summed E-state index contributed by atoms with van der Waals surface area (Å²) in [6.45, 7) is 4.26. The molecule has 2 heterocycles. The maximum atomic E-state index is 12.3. The maximum Gasteiger partial charge on any atom is 0.275 e. The van der Waals surface area contributed by atoms with Gasteiger partial charge in [0.25, 0.3) is 5.91 Å². The van der Waals surface area contributed by atoms with Crippen LogP contribution in [0.15, 0.2) is 30.5 Å². The van der Waals surface area contributed by atoms with E-state index in [-0.39, 0.29) is 5.91 Å². The molecular formula is C16H20N4O2S. The van der Waals surface area contributed by atoms with Gasteiger partial charge in [0.15, 0.2) is 5.69 Å². The van der Waals surface area contributed by atoms with Gasteiger partial charge in [-0.3, -0.25) is 9.69 Å². The Labute approximate surface area is 140 Å². The lowest BCUT2D eigenvalue weighted by atomic mass is 10.2. The molecule has 1 amide bonds. The minimum Gasteiger partial charge on any atom is -0.497 e. The smallest absolute Gasteiger partial charge is 0.275 e. The van der Waals surface area contributed by atoms with Crippen LogP contribution in [0.2, 0.25) is 0 Å². The standard InChI is InChI=1S/C16H20N4O2S/c1-22-14-5-3-13(4-6-14)12-19-7-2-8-20(10-9-19)16(21)15-11-17-23-18-15/h3-6,11H,2,7-10,12H2,1H3. The lowest BCUT2D eigenvalue weighted by molar-refractivity contribution is 0.0756. The summed E-state index contributed by atoms with van der Waals surface area (Å²) >= 11 is 1.07. The van der Waals surface area contributed by atoms with Crippen molar-refractivity contribution in [2.24, 2.45) is 0 Å². The van der Waals surface area contributed by atoms with Gasteiger partial charge in [0.2, 0.25) is 0 Å². The van der Waals surface area contributed by atoms with Gasteiger partial charge in [-0.15, -0.1) is 0 Å². The Balaban J connectivity index is 1.56. The molecule has 1 aromatic heterocycles. The van der Waals surface area contributed by atoms with Crippen LogP contribution in [0.5, 0.6) is 5.75 Å². The van der Waals surface area contributed by atoms with E-state index >= 15 is 0 Å². The van der Waals surface area contributed by atoms with Crippen LogP contribution in [-0.2, 0) is 6.54 Å². The fourth-order valence-corrected chi connectivity index (χ4v) is 3.15. The molecule has 1 aliphatic heterocycles. The van der Waals surface area contributed by atoms with Crippen LogP contribution in [0.3, 0.4) is 0 Å². The number of rotatable bonds is 4. The summed E-state index contributed by atoms with van der Waals surface area (Å²) in [5.41, 5.74) is 1.72. The molecule has 0 saturated carbocycles. The minimum absolute atomic E-state index is 0.00922. The molecule has 23 heavy (non-hydrogen) atoms. The van der Waals surface area contributed by atoms with Crippen LogP contribution in [0.1, 0.15) is 22.5 Å². The Morgan fingerprint density at radius 1 is 1.22 bits per heavy atom. The molecule has 7 heteroatoms. The predicted molar refractivity (Wildman–Crippen MR) is 88.7 cm³/mol. The molecule has 0 radical (unpaired) electrons. The molecule has 0 N–H and O–H groups in total. The summed E-state index contributed by atoms with van der Waals surface area (Å²) in [6, 6.07) is 8.15. The van der Waals surface area contributed by atoms with Crippen molar-refractivity contribution in [2.75, 3.05) is 33.3 Å². The van der Waals surface area contributed by atoms with Gasteiger partial charge in [-0.1, -0.05) is 12.1 Å². The van der Waals surface area contributed by atoms with E-state index in [1.807, 2.05) is 17.0 Å². The largest absolute Gasteiger partial charge is 0.497 e. The van der Waals surface area contributed by atoms with Gasteiger partial charge in [-0.25, -0.2) is 0 Å². The van der Waals surface area contributed by atoms with E-state index in [0.717, 1.165) is 56.6 Å². The van der Waals surface area contributed by atoms with E-state index in [0.29, 0.717) is 5.69 Å². The predicted octanol–water partition coefficient (Wildman–Crippen LogP) is 1.89. The van der Waals surface area contributed by atoms with Crippen molar-refractivity contribution in [1.29, 1.82) is 0 Å². The third kappa shape index (κ3) is 4.05. The number of carbonyl (C=O) groups is 1. The number of amides is 1. The van der Waals surface area contributed by atoms with Gasteiger partial charge in [-0.05, 0) is 24.1 Å². The third-order valence-electron chi connectivity index (χ3n) is 4.02. The highest BCUT2D eigenvalue weighted by Crippen LogP contribution is 2.15. The summed E-state index contributed by atoms with van der Waals surface area (Å²) in [7, 11) is 1.67. The Morgan fingerprint density at radius 3 is 2.74 bits per heavy atom. The number of ether oxygens (including phenoxy) is 1. The first kappa shape index (κ1) is 15.9. The first-order valence-corrected chi connectivity index (χ1v) is 8.41. The van der Waals surface area contributed by atoms with Crippen molar-refractivity contribution in [3.63, 3.8) is 0 Å². The van der Waals surface area contributed by atoms with Crippen LogP contribution >= 0.6 is 11.7 Å². The fourth-order valence-electron chi connectivity index (χ4n) is 2.74. The maximum absolute atomic E-state index is 12.3. The monoisotopic (exact) mass is 332 g/mol. The Kier molecular flexibility index (Phi) is 5.19. The number of hydrogen-bond acceptors (Lipinski definition) is 6. The average molecular weight is 332 g/mol. The summed E-state index contributed by atoms with van der Waals surface area (Å²) in [5, 5.41) is 0. The summed E-state index contributed by atoms with van der Waals surface area (Å²) < 4.78 is 13.1. The number of carbonyl (C=O) groups excluding carboxylic acids is 1. The molecule has 3 rings (SSSR count). The van der Waals surface area contributed by atoms with Crippen LogP contribution in [0.25, 0.3) is 0 Å². The molecule has 0 bridgehead atoms. The molecule has 6 nitrogen and oxygen atoms in total. The zero-order valence-corrected chi connectivity index (χ0v) is 14.0. The summed E-state index contributed by atoms with van der Waals surface area (Å²) in [5.74, 6) is 0.864. The lowest BCUT2D eigenvalue weighted by Gasteiger charge is -2.21. The van der Waals surface area contributed by atoms with E-state index in [1.165, 1.54) is 5.56 Å². The molecule has 0 unspecified atom stereocenters. The van der Waals surface area contributed by atoms with Gasteiger partial charge in [-0.2, -0.15) is 8.75 Å². The van der Waals surface area contributed by atoms with Gasteiger partial charge in [0.1, 0.15) is 5.75 Å². The highest BCUT2D eigenvalue weighted by atomic mass is 32.1. The normalized spacial score (nSPS) is 16.1. The molecule has 1 fully saturated rings. The second-order valence-electron chi connectivity index (χ2n) is 5.56. The second kappa shape index (κ2) is 7.52. The minimum atomic E-state index is -0.00922. The second-order valence-corrected chi connectivity index (χ2v) is 6.12. The van der Waals surface area contributed by atoms with E-state index in [9.17, 15) is 4.79 Å². The average Bonchev–Trinajstić information content (AvgIpc) is 3.02. The van der Waals surface area contributed by atoms with Crippen molar-refractivity contribution in [2.45, 2.75) is 13.0 Å². The van der Waals surface area contributed by atoms with Crippen molar-refractivity contribution in [3.05, 3.63) is 41.7 Å². The van der Waals surface area contributed by atoms with E-state index < -0.39 is 0 Å². The number of hydrogen-bond donors (Lipinski definition) is 0. The number of methoxy groups -OCH3 is 1. The van der Waals surface area contributed by atoms with Crippen molar-refractivity contribution >= 4 is 17.6 Å². The summed E-state index contributed by atoms with van der Waals surface area (Å²) in [4.78, 5) is 16.6. The number of nitrogens with zero attached hydrogens (tertiary/aromatic N) is 4. The highest BCUT2D eigenvalue weighted by molar-refractivity contribution is 6.99. The van der Waals surface area contributed by atoms with Crippen LogP contribution in [0.4, 0.5) is 0 Å². The molecule has 1 aliphatic rings. The zero-order valence-electron chi connectivity index (χ0n) is 13.1. The van der Waals surface area contributed by atoms with Gasteiger partial charge in [0, 0.05) is 32.7 Å². The SMILES string of the molecule is COc1ccc(CN2CCCN(C(=O)c3cnsn3)CC2)cc1. The molecule has 1 saturated heterocycles. The molecular weight excluding hydrogens is 312 g/mol. The molecule has 2 aromatic rings. The van der Waals surface area contributed by atoms with E-state index in [4.69, 9.17) is 4.74 Å². The number of aromatic nitrogens is 2. The first-order valence-electron chi connectivity index (χ1n) is 7.68. The van der Waals surface area contributed by atoms with E-state index in [1.54, 1.807) is 13.3 Å². The molecule has 0 spiro atoms. The van der Waals surface area contributed by atoms with Gasteiger partial charge >= 0.3 is 0 Å².